The first-order valence-corrected chi connectivity index (χ1v) is 6.61. The molecule has 0 heterocycles. The van der Waals surface area contributed by atoms with Crippen LogP contribution < -0.4 is 0 Å². The number of rotatable bonds is 3. The third-order valence-electron chi connectivity index (χ3n) is 3.79. The Morgan fingerprint density at radius 3 is 2.71 bits per heavy atom. The van der Waals surface area contributed by atoms with Crippen LogP contribution in [0.25, 0.3) is 0 Å². The Hall–Kier alpha value is -0.890. The van der Waals surface area contributed by atoms with Gasteiger partial charge in [0.1, 0.15) is 5.82 Å². The molecule has 1 aromatic carbocycles. The molecule has 1 aliphatic rings. The van der Waals surface area contributed by atoms with Gasteiger partial charge in [-0.2, -0.15) is 0 Å². The maximum absolute atomic E-state index is 13.6. The minimum absolute atomic E-state index is 0.279. The van der Waals surface area contributed by atoms with Crippen molar-refractivity contribution in [2.75, 3.05) is 0 Å². The lowest BCUT2D eigenvalue weighted by Crippen LogP contribution is -2.12. The van der Waals surface area contributed by atoms with E-state index in [0.29, 0.717) is 17.9 Å². The van der Waals surface area contributed by atoms with E-state index >= 15 is 0 Å². The Labute approximate surface area is 103 Å². The molecule has 1 nitrogen and oxygen atoms in total. The van der Waals surface area contributed by atoms with Crippen molar-refractivity contribution < 1.29 is 9.50 Å². The number of aliphatic hydroxyl groups is 1. The van der Waals surface area contributed by atoms with Crippen LogP contribution in [-0.4, -0.2) is 5.11 Å². The van der Waals surface area contributed by atoms with Crippen molar-refractivity contribution in [1.82, 2.24) is 0 Å². The van der Waals surface area contributed by atoms with E-state index in [-0.39, 0.29) is 5.82 Å². The Morgan fingerprint density at radius 1 is 1.29 bits per heavy atom. The highest BCUT2D eigenvalue weighted by molar-refractivity contribution is 5.25. The van der Waals surface area contributed by atoms with Gasteiger partial charge in [-0.3, -0.25) is 0 Å². The summed E-state index contributed by atoms with van der Waals surface area (Å²) in [6.07, 6.45) is 6.26. The molecular weight excluding hydrogens is 215 g/mol. The predicted octanol–water partition coefficient (Wildman–Crippen LogP) is 4.14. The van der Waals surface area contributed by atoms with E-state index in [1.54, 1.807) is 12.1 Å². The second-order valence-corrected chi connectivity index (χ2v) is 5.28. The minimum Gasteiger partial charge on any atom is -0.388 e. The zero-order valence-electron chi connectivity index (χ0n) is 10.5. The van der Waals surface area contributed by atoms with Gasteiger partial charge in [-0.05, 0) is 25.3 Å². The Balaban J connectivity index is 2.02. The summed E-state index contributed by atoms with van der Waals surface area (Å²) in [6.45, 7) is 1.93. The molecule has 0 saturated heterocycles. The molecule has 1 fully saturated rings. The predicted molar refractivity (Wildman–Crippen MR) is 67.3 cm³/mol. The van der Waals surface area contributed by atoms with E-state index in [1.807, 2.05) is 6.92 Å². The third kappa shape index (κ3) is 3.29. The van der Waals surface area contributed by atoms with Crippen molar-refractivity contribution >= 4 is 0 Å². The van der Waals surface area contributed by atoms with Crippen LogP contribution in [0.5, 0.6) is 0 Å². The lowest BCUT2D eigenvalue weighted by Gasteiger charge is -2.24. The van der Waals surface area contributed by atoms with Crippen LogP contribution in [0.15, 0.2) is 18.2 Å². The summed E-state index contributed by atoms with van der Waals surface area (Å²) in [5, 5.41) is 10.1. The van der Waals surface area contributed by atoms with Gasteiger partial charge in [-0.1, -0.05) is 49.8 Å². The van der Waals surface area contributed by atoms with E-state index in [4.69, 9.17) is 0 Å². The van der Waals surface area contributed by atoms with E-state index in [1.165, 1.54) is 38.2 Å². The molecule has 2 rings (SSSR count). The van der Waals surface area contributed by atoms with Gasteiger partial charge in [-0.15, -0.1) is 0 Å². The van der Waals surface area contributed by atoms with Crippen LogP contribution in [0, 0.1) is 18.7 Å². The van der Waals surface area contributed by atoms with Crippen LogP contribution in [-0.2, 0) is 0 Å². The van der Waals surface area contributed by atoms with Crippen molar-refractivity contribution in [2.24, 2.45) is 5.92 Å². The second kappa shape index (κ2) is 5.63. The van der Waals surface area contributed by atoms with Crippen LogP contribution >= 0.6 is 0 Å². The standard InChI is InChI=1S/C15H21FO/c1-11-7-8-14(16)13(9-11)15(17)10-12-5-3-2-4-6-12/h7-9,12,15,17H,2-6,10H2,1H3. The number of benzene rings is 1. The largest absolute Gasteiger partial charge is 0.388 e. The van der Waals surface area contributed by atoms with E-state index in [2.05, 4.69) is 0 Å². The molecule has 94 valence electrons. The lowest BCUT2D eigenvalue weighted by molar-refractivity contribution is 0.127. The van der Waals surface area contributed by atoms with Gasteiger partial charge in [0.05, 0.1) is 6.10 Å². The number of hydrogen-bond acceptors (Lipinski definition) is 1. The highest BCUT2D eigenvalue weighted by atomic mass is 19.1. The zero-order valence-corrected chi connectivity index (χ0v) is 10.5. The molecule has 2 heteroatoms. The molecule has 1 aliphatic carbocycles. The number of aryl methyl sites for hydroxylation is 1. The second-order valence-electron chi connectivity index (χ2n) is 5.28. The van der Waals surface area contributed by atoms with Crippen LogP contribution in [0.4, 0.5) is 4.39 Å². The highest BCUT2D eigenvalue weighted by Crippen LogP contribution is 2.32. The molecule has 0 bridgehead atoms. The molecule has 17 heavy (non-hydrogen) atoms. The molecule has 0 radical (unpaired) electrons. The molecule has 0 amide bonds. The summed E-state index contributed by atoms with van der Waals surface area (Å²) < 4.78 is 13.6. The van der Waals surface area contributed by atoms with E-state index in [9.17, 15) is 9.50 Å². The number of halogens is 1. The molecule has 1 saturated carbocycles. The molecular formula is C15H21FO. The average Bonchev–Trinajstić information content (AvgIpc) is 2.33. The first kappa shape index (κ1) is 12.6. The number of hydrogen-bond donors (Lipinski definition) is 1. The number of aliphatic hydroxyl groups excluding tert-OH is 1. The monoisotopic (exact) mass is 236 g/mol. The molecule has 1 N–H and O–H groups in total. The van der Waals surface area contributed by atoms with Crippen molar-refractivity contribution in [3.05, 3.63) is 35.1 Å². The third-order valence-corrected chi connectivity index (χ3v) is 3.79. The fraction of sp³-hybridized carbons (Fsp3) is 0.600. The topological polar surface area (TPSA) is 20.2 Å². The molecule has 0 spiro atoms. The molecule has 1 unspecified atom stereocenters. The Morgan fingerprint density at radius 2 is 2.00 bits per heavy atom. The summed E-state index contributed by atoms with van der Waals surface area (Å²) in [5.74, 6) is 0.289. The average molecular weight is 236 g/mol. The Kier molecular flexibility index (Phi) is 4.16. The van der Waals surface area contributed by atoms with Gasteiger partial charge in [0.2, 0.25) is 0 Å². The minimum atomic E-state index is -0.641. The summed E-state index contributed by atoms with van der Waals surface area (Å²) in [6, 6.07) is 4.96. The van der Waals surface area contributed by atoms with E-state index < -0.39 is 6.10 Å². The van der Waals surface area contributed by atoms with Gasteiger partial charge < -0.3 is 5.11 Å². The molecule has 1 aromatic rings. The maximum Gasteiger partial charge on any atom is 0.129 e. The summed E-state index contributed by atoms with van der Waals surface area (Å²) >= 11 is 0. The summed E-state index contributed by atoms with van der Waals surface area (Å²) in [5.41, 5.74) is 1.47. The van der Waals surface area contributed by atoms with Crippen LogP contribution in [0.3, 0.4) is 0 Å². The highest BCUT2D eigenvalue weighted by Gasteiger charge is 2.20. The van der Waals surface area contributed by atoms with E-state index in [0.717, 1.165) is 5.56 Å². The van der Waals surface area contributed by atoms with Crippen molar-refractivity contribution in [1.29, 1.82) is 0 Å². The Bertz CT molecular complexity index is 369. The normalized spacial score (nSPS) is 19.2. The molecule has 0 aromatic heterocycles. The smallest absolute Gasteiger partial charge is 0.129 e. The van der Waals surface area contributed by atoms with Gasteiger partial charge >= 0.3 is 0 Å². The van der Waals surface area contributed by atoms with Crippen molar-refractivity contribution in [3.63, 3.8) is 0 Å². The molecule has 1 atom stereocenters. The van der Waals surface area contributed by atoms with Crippen LogP contribution in [0.2, 0.25) is 0 Å². The lowest BCUT2D eigenvalue weighted by atomic mass is 9.84. The summed E-state index contributed by atoms with van der Waals surface area (Å²) in [4.78, 5) is 0. The van der Waals surface area contributed by atoms with Gasteiger partial charge in [0, 0.05) is 5.56 Å². The first-order chi connectivity index (χ1) is 8.16. The molecule has 0 aliphatic heterocycles. The SMILES string of the molecule is Cc1ccc(F)c(C(O)CC2CCCCC2)c1. The maximum atomic E-state index is 13.6. The van der Waals surface area contributed by atoms with Crippen LogP contribution in [0.1, 0.15) is 55.8 Å². The van der Waals surface area contributed by atoms with Crippen molar-refractivity contribution in [3.8, 4) is 0 Å². The first-order valence-electron chi connectivity index (χ1n) is 6.61. The fourth-order valence-corrected chi connectivity index (χ4v) is 2.78. The zero-order chi connectivity index (χ0) is 12.3. The van der Waals surface area contributed by atoms with Gasteiger partial charge in [-0.25, -0.2) is 4.39 Å². The quantitative estimate of drug-likeness (QED) is 0.836. The van der Waals surface area contributed by atoms with Crippen molar-refractivity contribution in [2.45, 2.75) is 51.6 Å². The van der Waals surface area contributed by atoms with Gasteiger partial charge in [0.25, 0.3) is 0 Å². The summed E-state index contributed by atoms with van der Waals surface area (Å²) in [7, 11) is 0. The van der Waals surface area contributed by atoms with Gasteiger partial charge in [0.15, 0.2) is 0 Å². The fourth-order valence-electron chi connectivity index (χ4n) is 2.78.